The predicted octanol–water partition coefficient (Wildman–Crippen LogP) is 0.511. The Morgan fingerprint density at radius 1 is 1.40 bits per heavy atom. The first-order chi connectivity index (χ1) is 4.66. The lowest BCUT2D eigenvalue weighted by Crippen LogP contribution is -2.34. The Balaban J connectivity index is 3.03. The first-order valence-corrected chi connectivity index (χ1v) is 3.74. The Morgan fingerprint density at radius 2 is 2.00 bits per heavy atom. The lowest BCUT2D eigenvalue weighted by Gasteiger charge is -2.12. The van der Waals surface area contributed by atoms with Crippen molar-refractivity contribution >= 4 is 0 Å². The fourth-order valence-electron chi connectivity index (χ4n) is 0.405. The highest BCUT2D eigenvalue weighted by atomic mass is 16.6. The minimum Gasteiger partial charge on any atom is -0.329 e. The zero-order valence-electron chi connectivity index (χ0n) is 7.05. The molecule has 0 rings (SSSR count). The molecule has 1 unspecified atom stereocenters. The van der Waals surface area contributed by atoms with Crippen LogP contribution in [0.25, 0.3) is 0 Å². The van der Waals surface area contributed by atoms with E-state index in [2.05, 4.69) is 19.3 Å². The molecular weight excluding hydrogens is 128 g/mol. The summed E-state index contributed by atoms with van der Waals surface area (Å²) >= 11 is 0. The van der Waals surface area contributed by atoms with E-state index in [-0.39, 0.29) is 6.04 Å². The van der Waals surface area contributed by atoms with Gasteiger partial charge in [-0.15, -0.1) is 0 Å². The van der Waals surface area contributed by atoms with Crippen molar-refractivity contribution in [2.75, 3.05) is 13.2 Å². The summed E-state index contributed by atoms with van der Waals surface area (Å²) in [5, 5.41) is 0. The van der Waals surface area contributed by atoms with Crippen molar-refractivity contribution in [1.82, 2.24) is 5.48 Å². The lowest BCUT2D eigenvalue weighted by molar-refractivity contribution is 0.00642. The molecule has 3 N–H and O–H groups in total. The van der Waals surface area contributed by atoms with E-state index in [1.54, 1.807) is 0 Å². The molecule has 0 aromatic heterocycles. The van der Waals surface area contributed by atoms with Gasteiger partial charge in [0, 0.05) is 12.6 Å². The molecule has 0 saturated carbocycles. The van der Waals surface area contributed by atoms with Crippen LogP contribution < -0.4 is 11.2 Å². The molecule has 0 heterocycles. The minimum atomic E-state index is 0.249. The van der Waals surface area contributed by atoms with E-state index in [0.29, 0.717) is 12.5 Å². The molecule has 0 aromatic carbocycles. The van der Waals surface area contributed by atoms with Crippen LogP contribution in [0, 0.1) is 5.92 Å². The standard InChI is InChI=1S/C7H18N2O/c1-6(2)5-10-9-7(3)4-8/h6-7,9H,4-5,8H2,1-3H3. The molecule has 0 bridgehead atoms. The van der Waals surface area contributed by atoms with Crippen molar-refractivity contribution in [3.63, 3.8) is 0 Å². The average Bonchev–Trinajstić information content (AvgIpc) is 1.87. The molecule has 3 heteroatoms. The molecule has 0 aliphatic heterocycles. The van der Waals surface area contributed by atoms with Crippen LogP contribution in [-0.4, -0.2) is 19.2 Å². The first-order valence-electron chi connectivity index (χ1n) is 3.74. The van der Waals surface area contributed by atoms with Crippen molar-refractivity contribution in [1.29, 1.82) is 0 Å². The third kappa shape index (κ3) is 6.01. The maximum Gasteiger partial charge on any atom is 0.0705 e. The summed E-state index contributed by atoms with van der Waals surface area (Å²) in [6.45, 7) is 7.55. The molecule has 3 nitrogen and oxygen atoms in total. The molecule has 0 radical (unpaired) electrons. The molecule has 0 amide bonds. The van der Waals surface area contributed by atoms with Crippen LogP contribution in [0.2, 0.25) is 0 Å². The molecule has 1 atom stereocenters. The molecule has 0 aromatic rings. The second-order valence-electron chi connectivity index (χ2n) is 2.96. The van der Waals surface area contributed by atoms with E-state index in [1.807, 2.05) is 6.92 Å². The molecule has 10 heavy (non-hydrogen) atoms. The van der Waals surface area contributed by atoms with Crippen LogP contribution in [0.4, 0.5) is 0 Å². The summed E-state index contributed by atoms with van der Waals surface area (Å²) < 4.78 is 0. The molecular formula is C7H18N2O. The number of nitrogens with one attached hydrogen (secondary N) is 1. The summed E-state index contributed by atoms with van der Waals surface area (Å²) in [6.07, 6.45) is 0. The maximum absolute atomic E-state index is 5.35. The second-order valence-corrected chi connectivity index (χ2v) is 2.96. The van der Waals surface area contributed by atoms with Crippen LogP contribution >= 0.6 is 0 Å². The topological polar surface area (TPSA) is 47.3 Å². The van der Waals surface area contributed by atoms with Gasteiger partial charge in [-0.05, 0) is 12.8 Å². The van der Waals surface area contributed by atoms with Gasteiger partial charge < -0.3 is 10.6 Å². The molecule has 0 aliphatic carbocycles. The van der Waals surface area contributed by atoms with Crippen LogP contribution in [-0.2, 0) is 4.84 Å². The van der Waals surface area contributed by atoms with Crippen molar-refractivity contribution < 1.29 is 4.84 Å². The number of hydrogen-bond donors (Lipinski definition) is 2. The van der Waals surface area contributed by atoms with Crippen LogP contribution in [0.3, 0.4) is 0 Å². The van der Waals surface area contributed by atoms with Crippen molar-refractivity contribution in [2.45, 2.75) is 26.8 Å². The van der Waals surface area contributed by atoms with Crippen molar-refractivity contribution in [3.8, 4) is 0 Å². The molecule has 0 spiro atoms. The van der Waals surface area contributed by atoms with E-state index in [1.165, 1.54) is 0 Å². The molecule has 62 valence electrons. The summed E-state index contributed by atoms with van der Waals surface area (Å²) in [5.74, 6) is 0.567. The Morgan fingerprint density at radius 3 is 2.40 bits per heavy atom. The third-order valence-electron chi connectivity index (χ3n) is 1.05. The Kier molecular flexibility index (Phi) is 5.58. The number of rotatable bonds is 5. The van der Waals surface area contributed by atoms with Crippen molar-refractivity contribution in [2.24, 2.45) is 11.7 Å². The normalized spacial score (nSPS) is 14.1. The van der Waals surface area contributed by atoms with Gasteiger partial charge in [-0.3, -0.25) is 0 Å². The quantitative estimate of drug-likeness (QED) is 0.556. The Hall–Kier alpha value is -0.120. The van der Waals surface area contributed by atoms with Gasteiger partial charge in [0.1, 0.15) is 0 Å². The van der Waals surface area contributed by atoms with E-state index in [9.17, 15) is 0 Å². The zero-order chi connectivity index (χ0) is 7.98. The van der Waals surface area contributed by atoms with E-state index in [4.69, 9.17) is 10.6 Å². The summed E-state index contributed by atoms with van der Waals surface area (Å²) in [7, 11) is 0. The van der Waals surface area contributed by atoms with Gasteiger partial charge >= 0.3 is 0 Å². The van der Waals surface area contributed by atoms with Gasteiger partial charge in [-0.2, -0.15) is 5.48 Å². The zero-order valence-corrected chi connectivity index (χ0v) is 7.05. The highest BCUT2D eigenvalue weighted by Crippen LogP contribution is 1.90. The van der Waals surface area contributed by atoms with Gasteiger partial charge in [0.15, 0.2) is 0 Å². The fourth-order valence-corrected chi connectivity index (χ4v) is 0.405. The van der Waals surface area contributed by atoms with E-state index >= 15 is 0 Å². The monoisotopic (exact) mass is 146 g/mol. The number of hydroxylamine groups is 1. The molecule has 0 saturated heterocycles. The Bertz CT molecular complexity index is 76.0. The largest absolute Gasteiger partial charge is 0.329 e. The van der Waals surface area contributed by atoms with Crippen LogP contribution in [0.15, 0.2) is 0 Å². The van der Waals surface area contributed by atoms with E-state index in [0.717, 1.165) is 6.61 Å². The SMILES string of the molecule is CC(C)CONC(C)CN. The Labute approximate surface area is 62.9 Å². The smallest absolute Gasteiger partial charge is 0.0705 e. The van der Waals surface area contributed by atoms with Gasteiger partial charge in [-0.25, -0.2) is 0 Å². The van der Waals surface area contributed by atoms with Gasteiger partial charge in [0.2, 0.25) is 0 Å². The van der Waals surface area contributed by atoms with Gasteiger partial charge in [0.05, 0.1) is 6.61 Å². The van der Waals surface area contributed by atoms with E-state index < -0.39 is 0 Å². The highest BCUT2D eigenvalue weighted by Gasteiger charge is 1.97. The third-order valence-corrected chi connectivity index (χ3v) is 1.05. The molecule has 0 aliphatic rings. The summed E-state index contributed by atoms with van der Waals surface area (Å²) in [6, 6.07) is 0.249. The minimum absolute atomic E-state index is 0.249. The number of nitrogens with two attached hydrogens (primary N) is 1. The second kappa shape index (κ2) is 5.65. The fraction of sp³-hybridized carbons (Fsp3) is 1.00. The van der Waals surface area contributed by atoms with Crippen LogP contribution in [0.5, 0.6) is 0 Å². The van der Waals surface area contributed by atoms with Gasteiger partial charge in [-0.1, -0.05) is 13.8 Å². The number of hydrogen-bond acceptors (Lipinski definition) is 3. The van der Waals surface area contributed by atoms with Crippen molar-refractivity contribution in [3.05, 3.63) is 0 Å². The first kappa shape index (κ1) is 9.88. The molecule has 0 fully saturated rings. The lowest BCUT2D eigenvalue weighted by atomic mass is 10.2. The highest BCUT2D eigenvalue weighted by molar-refractivity contribution is 4.52. The predicted molar refractivity (Wildman–Crippen MR) is 42.4 cm³/mol. The average molecular weight is 146 g/mol. The van der Waals surface area contributed by atoms with Gasteiger partial charge in [0.25, 0.3) is 0 Å². The van der Waals surface area contributed by atoms with Crippen LogP contribution in [0.1, 0.15) is 20.8 Å². The summed E-state index contributed by atoms with van der Waals surface area (Å²) in [4.78, 5) is 5.12. The summed E-state index contributed by atoms with van der Waals surface area (Å²) in [5.41, 5.74) is 8.19. The maximum atomic E-state index is 5.35.